The van der Waals surface area contributed by atoms with E-state index in [1.807, 2.05) is 26.4 Å². The Morgan fingerprint density at radius 2 is 1.92 bits per heavy atom. The molecule has 2 atom stereocenters. The number of rotatable bonds is 3. The van der Waals surface area contributed by atoms with Gasteiger partial charge in [0.15, 0.2) is 0 Å². The number of aliphatic hydroxyl groups is 1. The van der Waals surface area contributed by atoms with Gasteiger partial charge < -0.3 is 9.67 Å². The highest BCUT2D eigenvalue weighted by molar-refractivity contribution is 5.68. The summed E-state index contributed by atoms with van der Waals surface area (Å²) in [4.78, 5) is 4.35. The number of imidazole rings is 1. The van der Waals surface area contributed by atoms with E-state index >= 15 is 0 Å². The van der Waals surface area contributed by atoms with Crippen molar-refractivity contribution >= 4 is 0 Å². The second-order valence-electron chi connectivity index (χ2n) is 8.24. The predicted octanol–water partition coefficient (Wildman–Crippen LogP) is 5.59. The first-order chi connectivity index (χ1) is 12.8. The molecule has 0 spiro atoms. The minimum atomic E-state index is -0.206. The molecule has 3 fully saturated rings. The summed E-state index contributed by atoms with van der Waals surface area (Å²) in [5, 5.41) is 11.3. The van der Waals surface area contributed by atoms with Crippen molar-refractivity contribution in [2.45, 2.75) is 77.4 Å². The summed E-state index contributed by atoms with van der Waals surface area (Å²) in [7, 11) is 0. The summed E-state index contributed by atoms with van der Waals surface area (Å²) in [6.07, 6.45) is 13.5. The van der Waals surface area contributed by atoms with Crippen molar-refractivity contribution in [3.63, 3.8) is 0 Å². The fourth-order valence-electron chi connectivity index (χ4n) is 5.67. The van der Waals surface area contributed by atoms with Crippen molar-refractivity contribution in [1.29, 1.82) is 0 Å². The van der Waals surface area contributed by atoms with Crippen LogP contribution in [-0.2, 0) is 0 Å². The van der Waals surface area contributed by atoms with Crippen molar-refractivity contribution in [2.75, 3.05) is 0 Å². The van der Waals surface area contributed by atoms with Gasteiger partial charge >= 0.3 is 0 Å². The quantitative estimate of drug-likeness (QED) is 0.782. The summed E-state index contributed by atoms with van der Waals surface area (Å²) in [5.41, 5.74) is 4.01. The van der Waals surface area contributed by atoms with E-state index in [2.05, 4.69) is 33.8 Å². The van der Waals surface area contributed by atoms with Gasteiger partial charge in [0.05, 0.1) is 30.4 Å². The van der Waals surface area contributed by atoms with Crippen LogP contribution in [0.5, 0.6) is 0 Å². The van der Waals surface area contributed by atoms with Crippen LogP contribution in [0, 0.1) is 11.3 Å². The number of fused-ring (bicyclic) bond motifs is 7. The summed E-state index contributed by atoms with van der Waals surface area (Å²) in [5.74, 6) is 0.931. The van der Waals surface area contributed by atoms with Crippen molar-refractivity contribution in [3.8, 4) is 11.3 Å². The minimum absolute atomic E-state index is 0.172. The third-order valence-electron chi connectivity index (χ3n) is 7.14. The molecule has 2 heterocycles. The van der Waals surface area contributed by atoms with E-state index in [0.29, 0.717) is 0 Å². The number of aliphatic hydroxyl groups excluding tert-OH is 1. The third kappa shape index (κ3) is 2.81. The summed E-state index contributed by atoms with van der Waals surface area (Å²) >= 11 is 0. The molecule has 1 aromatic heterocycles. The van der Waals surface area contributed by atoms with Crippen LogP contribution in [0.4, 0.5) is 0 Å². The number of hydrogen-bond acceptors (Lipinski definition) is 2. The molecule has 2 unspecified atom stereocenters. The van der Waals surface area contributed by atoms with Crippen LogP contribution < -0.4 is 0 Å². The molecule has 3 nitrogen and oxygen atoms in total. The second kappa shape index (κ2) is 7.19. The van der Waals surface area contributed by atoms with E-state index in [-0.39, 0.29) is 17.6 Å². The first kappa shape index (κ1) is 17.8. The molecule has 2 aromatic rings. The third-order valence-corrected chi connectivity index (χ3v) is 7.14. The molecule has 3 aliphatic carbocycles. The lowest BCUT2D eigenvalue weighted by Crippen LogP contribution is -2.38. The predicted molar refractivity (Wildman–Crippen MR) is 106 cm³/mol. The van der Waals surface area contributed by atoms with Crippen LogP contribution in [0.2, 0.25) is 0 Å². The molecule has 4 aliphatic rings. The van der Waals surface area contributed by atoms with Gasteiger partial charge in [-0.25, -0.2) is 4.98 Å². The van der Waals surface area contributed by atoms with Gasteiger partial charge in [-0.05, 0) is 55.4 Å². The SMILES string of the molecule is CC.OC(CC1c2ccccc2-c2cncn21)C12CCCC(CC1)CC2. The van der Waals surface area contributed by atoms with E-state index in [1.54, 1.807) is 0 Å². The minimum Gasteiger partial charge on any atom is -0.392 e. The van der Waals surface area contributed by atoms with Crippen LogP contribution in [-0.4, -0.2) is 20.8 Å². The van der Waals surface area contributed by atoms with Crippen molar-refractivity contribution < 1.29 is 5.11 Å². The van der Waals surface area contributed by atoms with Crippen LogP contribution in [0.25, 0.3) is 11.3 Å². The van der Waals surface area contributed by atoms with Crippen LogP contribution in [0.15, 0.2) is 36.8 Å². The molecule has 0 saturated heterocycles. The Kier molecular flexibility index (Phi) is 4.92. The lowest BCUT2D eigenvalue weighted by Gasteiger charge is -2.42. The maximum absolute atomic E-state index is 11.3. The Morgan fingerprint density at radius 3 is 2.73 bits per heavy atom. The topological polar surface area (TPSA) is 38.1 Å². The van der Waals surface area contributed by atoms with Gasteiger partial charge in [-0.1, -0.05) is 51.0 Å². The zero-order valence-corrected chi connectivity index (χ0v) is 16.2. The Morgan fingerprint density at radius 1 is 1.15 bits per heavy atom. The fourth-order valence-corrected chi connectivity index (χ4v) is 5.67. The highest BCUT2D eigenvalue weighted by Crippen LogP contribution is 2.52. The van der Waals surface area contributed by atoms with Crippen LogP contribution in [0.1, 0.15) is 76.8 Å². The molecule has 0 amide bonds. The maximum atomic E-state index is 11.3. The Bertz CT molecular complexity index is 737. The Hall–Kier alpha value is -1.61. The normalized spacial score (nSPS) is 30.0. The number of nitrogens with zero attached hydrogens (tertiary/aromatic N) is 2. The first-order valence-electron chi connectivity index (χ1n) is 10.6. The van der Waals surface area contributed by atoms with E-state index in [4.69, 9.17) is 0 Å². The maximum Gasteiger partial charge on any atom is 0.0956 e. The standard InChI is InChI=1S/C21H26N2O.C2H6/c24-20(21-9-3-4-15(7-10-21)8-11-21)12-18-16-5-1-2-6-17(16)19-13-22-14-23(18)19;1-2/h1-2,5-6,13-15,18,20,24H,3-4,7-12H2;1-2H3. The molecular weight excluding hydrogens is 320 g/mol. The van der Waals surface area contributed by atoms with E-state index < -0.39 is 0 Å². The van der Waals surface area contributed by atoms with Gasteiger partial charge in [0, 0.05) is 5.56 Å². The lowest BCUT2D eigenvalue weighted by atomic mass is 9.66. The van der Waals surface area contributed by atoms with Crippen LogP contribution in [0.3, 0.4) is 0 Å². The van der Waals surface area contributed by atoms with Gasteiger partial charge in [-0.15, -0.1) is 0 Å². The number of hydrogen-bond donors (Lipinski definition) is 1. The van der Waals surface area contributed by atoms with E-state index in [1.165, 1.54) is 61.8 Å². The highest BCUT2D eigenvalue weighted by atomic mass is 16.3. The van der Waals surface area contributed by atoms with Gasteiger partial charge in [-0.2, -0.15) is 0 Å². The molecule has 140 valence electrons. The van der Waals surface area contributed by atoms with Crippen molar-refractivity contribution in [3.05, 3.63) is 42.4 Å². The molecular formula is C23H32N2O. The fraction of sp³-hybridized carbons (Fsp3) is 0.609. The zero-order valence-electron chi connectivity index (χ0n) is 16.2. The largest absolute Gasteiger partial charge is 0.392 e. The van der Waals surface area contributed by atoms with Gasteiger partial charge in [0.2, 0.25) is 0 Å². The second-order valence-corrected chi connectivity index (χ2v) is 8.24. The Balaban J connectivity index is 0.000000814. The van der Waals surface area contributed by atoms with E-state index in [0.717, 1.165) is 12.3 Å². The Labute approximate surface area is 157 Å². The van der Waals surface area contributed by atoms with Crippen molar-refractivity contribution in [2.24, 2.45) is 11.3 Å². The highest BCUT2D eigenvalue weighted by Gasteiger charge is 2.44. The molecule has 3 heteroatoms. The number of benzene rings is 1. The average molecular weight is 353 g/mol. The van der Waals surface area contributed by atoms with Gasteiger partial charge in [0.1, 0.15) is 0 Å². The summed E-state index contributed by atoms with van der Waals surface area (Å²) in [6.45, 7) is 4.00. The molecule has 26 heavy (non-hydrogen) atoms. The van der Waals surface area contributed by atoms with Crippen LogP contribution >= 0.6 is 0 Å². The summed E-state index contributed by atoms with van der Waals surface area (Å²) in [6, 6.07) is 8.86. The summed E-state index contributed by atoms with van der Waals surface area (Å²) < 4.78 is 2.27. The monoisotopic (exact) mass is 352 g/mol. The van der Waals surface area contributed by atoms with Gasteiger partial charge in [-0.3, -0.25) is 0 Å². The zero-order chi connectivity index (χ0) is 18.1. The molecule has 6 rings (SSSR count). The number of aromatic nitrogens is 2. The lowest BCUT2D eigenvalue weighted by molar-refractivity contribution is -0.0191. The molecule has 3 saturated carbocycles. The first-order valence-corrected chi connectivity index (χ1v) is 10.6. The smallest absolute Gasteiger partial charge is 0.0956 e. The van der Waals surface area contributed by atoms with Gasteiger partial charge in [0.25, 0.3) is 0 Å². The molecule has 1 aromatic carbocycles. The van der Waals surface area contributed by atoms with E-state index in [9.17, 15) is 5.11 Å². The van der Waals surface area contributed by atoms with Crippen molar-refractivity contribution in [1.82, 2.24) is 9.55 Å². The average Bonchev–Trinajstić information content (AvgIpc) is 3.12. The molecule has 0 radical (unpaired) electrons. The molecule has 2 bridgehead atoms. The molecule has 1 N–H and O–H groups in total. The molecule has 1 aliphatic heterocycles.